The maximum atomic E-state index is 12.5. The van der Waals surface area contributed by atoms with Crippen molar-refractivity contribution in [3.63, 3.8) is 0 Å². The number of carbonyl (C=O) groups excluding carboxylic acids is 2. The molecule has 0 unspecified atom stereocenters. The zero-order valence-electron chi connectivity index (χ0n) is 17.8. The van der Waals surface area contributed by atoms with E-state index in [2.05, 4.69) is 52.7 Å². The van der Waals surface area contributed by atoms with Crippen molar-refractivity contribution in [3.05, 3.63) is 78.4 Å². The Kier molecular flexibility index (Phi) is 6.82. The third-order valence-electron chi connectivity index (χ3n) is 5.87. The first-order valence-electron chi connectivity index (χ1n) is 11.0. The minimum Gasteiger partial charge on any atom is -0.368 e. The van der Waals surface area contributed by atoms with Crippen LogP contribution in [-0.4, -0.2) is 49.4 Å². The number of nitrogens with zero attached hydrogens (tertiary/aromatic N) is 2. The van der Waals surface area contributed by atoms with Crippen molar-refractivity contribution in [3.8, 4) is 0 Å². The predicted octanol–water partition coefficient (Wildman–Crippen LogP) is 3.63. The molecule has 1 aliphatic heterocycles. The van der Waals surface area contributed by atoms with Gasteiger partial charge in [-0.2, -0.15) is 0 Å². The third kappa shape index (κ3) is 5.63. The zero-order chi connectivity index (χ0) is 21.5. The van der Waals surface area contributed by atoms with E-state index in [1.165, 1.54) is 16.5 Å². The summed E-state index contributed by atoms with van der Waals surface area (Å²) in [5, 5.41) is 5.30. The number of hydrogen-bond acceptors (Lipinski definition) is 3. The fourth-order valence-corrected chi connectivity index (χ4v) is 4.06. The molecule has 31 heavy (non-hydrogen) atoms. The van der Waals surface area contributed by atoms with Crippen LogP contribution in [0.25, 0.3) is 10.8 Å². The minimum atomic E-state index is -0.00476. The number of benzene rings is 3. The predicted molar refractivity (Wildman–Crippen MR) is 125 cm³/mol. The summed E-state index contributed by atoms with van der Waals surface area (Å²) in [6, 6.07) is 24.8. The summed E-state index contributed by atoms with van der Waals surface area (Å²) in [6.07, 6.45) is 1.49. The van der Waals surface area contributed by atoms with Crippen molar-refractivity contribution in [1.82, 2.24) is 10.2 Å². The number of carbonyl (C=O) groups is 2. The number of rotatable bonds is 7. The van der Waals surface area contributed by atoms with E-state index in [0.29, 0.717) is 25.8 Å². The average molecular weight is 416 g/mol. The molecule has 0 aliphatic carbocycles. The van der Waals surface area contributed by atoms with Crippen molar-refractivity contribution in [1.29, 1.82) is 0 Å². The van der Waals surface area contributed by atoms with Gasteiger partial charge in [0.05, 0.1) is 0 Å². The third-order valence-corrected chi connectivity index (χ3v) is 5.87. The molecule has 0 saturated carbocycles. The molecule has 0 spiro atoms. The number of hydrogen-bond donors (Lipinski definition) is 1. The van der Waals surface area contributed by atoms with Crippen LogP contribution in [0.15, 0.2) is 72.8 Å². The smallest absolute Gasteiger partial charge is 0.224 e. The molecule has 5 nitrogen and oxygen atoms in total. The minimum absolute atomic E-state index is 0.00476. The van der Waals surface area contributed by atoms with Gasteiger partial charge in [-0.25, -0.2) is 0 Å². The molecule has 5 heteroatoms. The van der Waals surface area contributed by atoms with Gasteiger partial charge in [-0.3, -0.25) is 9.59 Å². The number of para-hydroxylation sites is 1. The van der Waals surface area contributed by atoms with Gasteiger partial charge in [-0.05, 0) is 34.9 Å². The van der Waals surface area contributed by atoms with Crippen LogP contribution in [-0.2, 0) is 16.0 Å². The molecule has 1 aliphatic rings. The second kappa shape index (κ2) is 10.1. The van der Waals surface area contributed by atoms with E-state index in [0.717, 1.165) is 31.7 Å². The summed E-state index contributed by atoms with van der Waals surface area (Å²) >= 11 is 0. The Morgan fingerprint density at radius 2 is 1.48 bits per heavy atom. The van der Waals surface area contributed by atoms with Crippen LogP contribution in [0, 0.1) is 0 Å². The van der Waals surface area contributed by atoms with Gasteiger partial charge in [0.1, 0.15) is 0 Å². The maximum absolute atomic E-state index is 12.5. The van der Waals surface area contributed by atoms with Crippen LogP contribution in [0.3, 0.4) is 0 Å². The molecule has 1 saturated heterocycles. The number of nitrogens with one attached hydrogen (secondary N) is 1. The molecule has 160 valence electrons. The number of aryl methyl sites for hydroxylation is 1. The number of fused-ring (bicyclic) bond motifs is 1. The first-order chi connectivity index (χ1) is 15.2. The molecule has 0 bridgehead atoms. The first-order valence-corrected chi connectivity index (χ1v) is 11.0. The molecule has 4 rings (SSSR count). The second-order valence-electron chi connectivity index (χ2n) is 7.98. The van der Waals surface area contributed by atoms with Crippen LogP contribution in [0.4, 0.5) is 5.69 Å². The molecular formula is C26H29N3O2. The van der Waals surface area contributed by atoms with E-state index in [4.69, 9.17) is 0 Å². The van der Waals surface area contributed by atoms with E-state index in [-0.39, 0.29) is 11.8 Å². The van der Waals surface area contributed by atoms with E-state index in [9.17, 15) is 9.59 Å². The molecule has 0 radical (unpaired) electrons. The lowest BCUT2D eigenvalue weighted by molar-refractivity contribution is -0.131. The molecule has 1 N–H and O–H groups in total. The van der Waals surface area contributed by atoms with Crippen LogP contribution in [0.5, 0.6) is 0 Å². The monoisotopic (exact) mass is 415 g/mol. The van der Waals surface area contributed by atoms with Gasteiger partial charge in [0.25, 0.3) is 0 Å². The highest BCUT2D eigenvalue weighted by atomic mass is 16.2. The fraction of sp³-hybridized carbons (Fsp3) is 0.308. The Bertz CT molecular complexity index is 1030. The van der Waals surface area contributed by atoms with Crippen molar-refractivity contribution in [2.45, 2.75) is 19.3 Å². The highest BCUT2D eigenvalue weighted by molar-refractivity contribution is 5.83. The van der Waals surface area contributed by atoms with Gasteiger partial charge in [-0.15, -0.1) is 0 Å². The van der Waals surface area contributed by atoms with Gasteiger partial charge in [0.2, 0.25) is 11.8 Å². The topological polar surface area (TPSA) is 52.7 Å². The normalized spacial score (nSPS) is 13.9. The highest BCUT2D eigenvalue weighted by Gasteiger charge is 2.20. The average Bonchev–Trinajstić information content (AvgIpc) is 2.83. The van der Waals surface area contributed by atoms with Crippen LogP contribution in [0.2, 0.25) is 0 Å². The number of anilines is 1. The SMILES string of the molecule is O=C(CCc1ccc2ccccc2c1)NCCC(=O)N1CCN(c2ccccc2)CC1. The standard InChI is InChI=1S/C26H29N3O2/c30-25(13-11-21-10-12-22-6-4-5-7-23(22)20-21)27-15-14-26(31)29-18-16-28(17-19-29)24-8-2-1-3-9-24/h1-10,12,20H,11,13-19H2,(H,27,30). The van der Waals surface area contributed by atoms with Crippen molar-refractivity contribution in [2.75, 3.05) is 37.6 Å². The van der Waals surface area contributed by atoms with E-state index in [1.807, 2.05) is 35.2 Å². The maximum Gasteiger partial charge on any atom is 0.224 e. The lowest BCUT2D eigenvalue weighted by Crippen LogP contribution is -2.49. The van der Waals surface area contributed by atoms with Gasteiger partial charge < -0.3 is 15.1 Å². The van der Waals surface area contributed by atoms with Crippen LogP contribution in [0.1, 0.15) is 18.4 Å². The summed E-state index contributed by atoms with van der Waals surface area (Å²) in [5.74, 6) is 0.109. The summed E-state index contributed by atoms with van der Waals surface area (Å²) in [6.45, 7) is 3.53. The van der Waals surface area contributed by atoms with Crippen molar-refractivity contribution >= 4 is 28.3 Å². The molecule has 1 fully saturated rings. The summed E-state index contributed by atoms with van der Waals surface area (Å²) < 4.78 is 0. The lowest BCUT2D eigenvalue weighted by atomic mass is 10.0. The largest absolute Gasteiger partial charge is 0.368 e. The molecule has 1 heterocycles. The molecule has 2 amide bonds. The zero-order valence-corrected chi connectivity index (χ0v) is 17.8. The first kappa shape index (κ1) is 20.9. The van der Waals surface area contributed by atoms with Gasteiger partial charge in [-0.1, -0.05) is 60.7 Å². The summed E-state index contributed by atoms with van der Waals surface area (Å²) in [5.41, 5.74) is 2.36. The summed E-state index contributed by atoms with van der Waals surface area (Å²) in [4.78, 5) is 28.9. The Morgan fingerprint density at radius 3 is 2.26 bits per heavy atom. The van der Waals surface area contributed by atoms with Crippen molar-refractivity contribution < 1.29 is 9.59 Å². The van der Waals surface area contributed by atoms with Crippen molar-refractivity contribution in [2.24, 2.45) is 0 Å². The quantitative estimate of drug-likeness (QED) is 0.641. The van der Waals surface area contributed by atoms with E-state index in [1.54, 1.807) is 0 Å². The highest BCUT2D eigenvalue weighted by Crippen LogP contribution is 2.17. The van der Waals surface area contributed by atoms with Gasteiger partial charge in [0.15, 0.2) is 0 Å². The fourth-order valence-electron chi connectivity index (χ4n) is 4.06. The number of amides is 2. The van der Waals surface area contributed by atoms with E-state index < -0.39 is 0 Å². The van der Waals surface area contributed by atoms with Gasteiger partial charge >= 0.3 is 0 Å². The molecule has 0 aromatic heterocycles. The summed E-state index contributed by atoms with van der Waals surface area (Å²) in [7, 11) is 0. The Balaban J connectivity index is 1.15. The lowest BCUT2D eigenvalue weighted by Gasteiger charge is -2.36. The Morgan fingerprint density at radius 1 is 0.774 bits per heavy atom. The van der Waals surface area contributed by atoms with Crippen LogP contribution < -0.4 is 10.2 Å². The van der Waals surface area contributed by atoms with E-state index >= 15 is 0 Å². The molecule has 0 atom stereocenters. The molecule has 3 aromatic rings. The van der Waals surface area contributed by atoms with Gasteiger partial charge in [0, 0.05) is 51.3 Å². The number of piperazine rings is 1. The molecule has 3 aromatic carbocycles. The second-order valence-corrected chi connectivity index (χ2v) is 7.98. The Hall–Kier alpha value is -3.34. The molecular weight excluding hydrogens is 386 g/mol. The van der Waals surface area contributed by atoms with Crippen LogP contribution >= 0.6 is 0 Å². The Labute approximate surface area is 183 Å².